The van der Waals surface area contributed by atoms with Crippen LogP contribution in [0.5, 0.6) is 5.75 Å². The molecule has 0 fully saturated rings. The molecule has 94 valence electrons. The van der Waals surface area contributed by atoms with Gasteiger partial charge >= 0.3 is 0 Å². The molecule has 1 heterocycles. The number of carbonyl (C=O) groups excluding carboxylic acids is 1. The summed E-state index contributed by atoms with van der Waals surface area (Å²) in [5.74, 6) is 0.436. The quantitative estimate of drug-likeness (QED) is 0.830. The van der Waals surface area contributed by atoms with Crippen molar-refractivity contribution in [2.45, 2.75) is 6.92 Å². The van der Waals surface area contributed by atoms with E-state index in [0.29, 0.717) is 17.8 Å². The average Bonchev–Trinajstić information content (AvgIpc) is 2.81. The minimum absolute atomic E-state index is 0.149. The van der Waals surface area contributed by atoms with Crippen LogP contribution in [0.2, 0.25) is 0 Å². The largest absolute Gasteiger partial charge is 0.506 e. The molecule has 6 nitrogen and oxygen atoms in total. The Labute approximate surface area is 104 Å². The third-order valence-electron chi connectivity index (χ3n) is 2.46. The Morgan fingerprint density at radius 1 is 1.39 bits per heavy atom. The van der Waals surface area contributed by atoms with Crippen LogP contribution in [0, 0.1) is 6.92 Å². The maximum atomic E-state index is 10.8. The molecule has 1 aromatic carbocycles. The van der Waals surface area contributed by atoms with E-state index in [0.717, 1.165) is 5.56 Å². The summed E-state index contributed by atoms with van der Waals surface area (Å²) in [6.45, 7) is 1.82. The molecular weight excluding hydrogens is 234 g/mol. The van der Waals surface area contributed by atoms with Gasteiger partial charge in [-0.1, -0.05) is 0 Å². The summed E-state index contributed by atoms with van der Waals surface area (Å²) in [5, 5.41) is 13.7. The number of nitrogens with zero attached hydrogens (tertiary/aromatic N) is 3. The van der Waals surface area contributed by atoms with Crippen LogP contribution in [-0.4, -0.2) is 35.6 Å². The summed E-state index contributed by atoms with van der Waals surface area (Å²) in [6.07, 6.45) is 0.592. The predicted octanol–water partition coefficient (Wildman–Crippen LogP) is 1.63. The maximum absolute atomic E-state index is 10.8. The van der Waals surface area contributed by atoms with Crippen molar-refractivity contribution in [3.8, 4) is 17.2 Å². The van der Waals surface area contributed by atoms with E-state index >= 15 is 0 Å². The van der Waals surface area contributed by atoms with Gasteiger partial charge in [0.1, 0.15) is 5.75 Å². The maximum Gasteiger partial charge on any atom is 0.265 e. The Morgan fingerprint density at radius 2 is 2.11 bits per heavy atom. The molecule has 0 spiro atoms. The fourth-order valence-corrected chi connectivity index (χ4v) is 1.57. The van der Waals surface area contributed by atoms with Crippen LogP contribution in [0.25, 0.3) is 11.5 Å². The lowest BCUT2D eigenvalue weighted by molar-refractivity contribution is 0.112. The van der Waals surface area contributed by atoms with Gasteiger partial charge in [-0.05, 0) is 29.8 Å². The number of hydrogen-bond donors (Lipinski definition) is 1. The first-order valence-corrected chi connectivity index (χ1v) is 5.33. The monoisotopic (exact) mass is 247 g/mol. The Kier molecular flexibility index (Phi) is 3.01. The van der Waals surface area contributed by atoms with Crippen LogP contribution >= 0.6 is 0 Å². The van der Waals surface area contributed by atoms with Crippen LogP contribution in [0.15, 0.2) is 16.7 Å². The normalized spacial score (nSPS) is 10.4. The van der Waals surface area contributed by atoms with Crippen LogP contribution in [-0.2, 0) is 0 Å². The lowest BCUT2D eigenvalue weighted by atomic mass is 10.1. The van der Waals surface area contributed by atoms with Crippen molar-refractivity contribution in [1.82, 2.24) is 10.1 Å². The molecule has 0 saturated carbocycles. The van der Waals surface area contributed by atoms with Crippen molar-refractivity contribution < 1.29 is 14.4 Å². The fourth-order valence-electron chi connectivity index (χ4n) is 1.57. The van der Waals surface area contributed by atoms with Gasteiger partial charge in [-0.25, -0.2) is 0 Å². The van der Waals surface area contributed by atoms with E-state index in [2.05, 4.69) is 10.1 Å². The highest BCUT2D eigenvalue weighted by molar-refractivity contribution is 5.84. The highest BCUT2D eigenvalue weighted by atomic mass is 16.5. The van der Waals surface area contributed by atoms with Gasteiger partial charge in [0.05, 0.1) is 11.1 Å². The third kappa shape index (κ3) is 2.04. The lowest BCUT2D eigenvalue weighted by Gasteiger charge is -2.04. The van der Waals surface area contributed by atoms with Crippen molar-refractivity contribution in [2.75, 3.05) is 19.0 Å². The molecule has 2 rings (SSSR count). The number of carbonyl (C=O) groups is 1. The SMILES string of the molecule is Cc1cc(C=O)c(O)c(-c2nc(N(C)C)no2)c1. The molecule has 0 atom stereocenters. The van der Waals surface area contributed by atoms with Gasteiger partial charge < -0.3 is 14.5 Å². The second-order valence-electron chi connectivity index (χ2n) is 4.16. The van der Waals surface area contributed by atoms with Crippen molar-refractivity contribution in [1.29, 1.82) is 0 Å². The summed E-state index contributed by atoms with van der Waals surface area (Å²) >= 11 is 0. The summed E-state index contributed by atoms with van der Waals surface area (Å²) in [6, 6.07) is 3.28. The molecule has 0 aliphatic rings. The molecule has 18 heavy (non-hydrogen) atoms. The Morgan fingerprint density at radius 3 is 2.67 bits per heavy atom. The Bertz CT molecular complexity index is 590. The standard InChI is InChI=1S/C12H13N3O3/c1-7-4-8(6-16)10(17)9(5-7)11-13-12(14-18-11)15(2)3/h4-6,17H,1-3H3. The highest BCUT2D eigenvalue weighted by Gasteiger charge is 2.16. The number of aldehydes is 1. The van der Waals surface area contributed by atoms with Gasteiger partial charge in [0, 0.05) is 14.1 Å². The number of rotatable bonds is 3. The minimum Gasteiger partial charge on any atom is -0.506 e. The lowest BCUT2D eigenvalue weighted by Crippen LogP contribution is -2.10. The molecule has 0 saturated heterocycles. The molecule has 0 aliphatic heterocycles. The predicted molar refractivity (Wildman–Crippen MR) is 65.9 cm³/mol. The highest BCUT2D eigenvalue weighted by Crippen LogP contribution is 2.32. The van der Waals surface area contributed by atoms with Gasteiger partial charge in [0.2, 0.25) is 0 Å². The number of anilines is 1. The van der Waals surface area contributed by atoms with E-state index in [1.54, 1.807) is 31.1 Å². The first kappa shape index (κ1) is 12.1. The van der Waals surface area contributed by atoms with Crippen LogP contribution in [0.1, 0.15) is 15.9 Å². The number of hydrogen-bond acceptors (Lipinski definition) is 6. The van der Waals surface area contributed by atoms with E-state index in [-0.39, 0.29) is 17.2 Å². The van der Waals surface area contributed by atoms with E-state index in [9.17, 15) is 9.90 Å². The van der Waals surface area contributed by atoms with Gasteiger partial charge in [-0.15, -0.1) is 0 Å². The second kappa shape index (κ2) is 4.48. The molecular formula is C12H13N3O3. The molecule has 0 aliphatic carbocycles. The van der Waals surface area contributed by atoms with Crippen LogP contribution < -0.4 is 4.90 Å². The third-order valence-corrected chi connectivity index (χ3v) is 2.46. The second-order valence-corrected chi connectivity index (χ2v) is 4.16. The zero-order valence-electron chi connectivity index (χ0n) is 10.3. The molecule has 1 aromatic heterocycles. The van der Waals surface area contributed by atoms with E-state index < -0.39 is 0 Å². The van der Waals surface area contributed by atoms with Crippen molar-refractivity contribution in [2.24, 2.45) is 0 Å². The van der Waals surface area contributed by atoms with E-state index in [4.69, 9.17) is 4.52 Å². The smallest absolute Gasteiger partial charge is 0.265 e. The molecule has 0 amide bonds. The van der Waals surface area contributed by atoms with Crippen LogP contribution in [0.4, 0.5) is 5.95 Å². The number of phenols is 1. The minimum atomic E-state index is -0.149. The first-order valence-electron chi connectivity index (χ1n) is 5.33. The number of benzene rings is 1. The van der Waals surface area contributed by atoms with Gasteiger partial charge in [0.25, 0.3) is 11.8 Å². The summed E-state index contributed by atoms with van der Waals surface area (Å²) in [4.78, 5) is 16.7. The molecule has 1 N–H and O–H groups in total. The van der Waals surface area contributed by atoms with Crippen molar-refractivity contribution in [3.05, 3.63) is 23.3 Å². The number of aromatic nitrogens is 2. The summed E-state index contributed by atoms with van der Waals surface area (Å²) in [5.41, 5.74) is 1.39. The molecule has 2 aromatic rings. The van der Waals surface area contributed by atoms with Crippen LogP contribution in [0.3, 0.4) is 0 Å². The fraction of sp³-hybridized carbons (Fsp3) is 0.250. The first-order chi connectivity index (χ1) is 8.52. The summed E-state index contributed by atoms with van der Waals surface area (Å²) in [7, 11) is 3.56. The molecule has 6 heteroatoms. The molecule has 0 bridgehead atoms. The summed E-state index contributed by atoms with van der Waals surface area (Å²) < 4.78 is 5.07. The number of phenolic OH excluding ortho intramolecular Hbond substituents is 1. The van der Waals surface area contributed by atoms with Crippen molar-refractivity contribution in [3.63, 3.8) is 0 Å². The van der Waals surface area contributed by atoms with Crippen molar-refractivity contribution >= 4 is 12.2 Å². The Balaban J connectivity index is 2.55. The van der Waals surface area contributed by atoms with Gasteiger partial charge in [-0.2, -0.15) is 4.98 Å². The average molecular weight is 247 g/mol. The zero-order valence-corrected chi connectivity index (χ0v) is 10.3. The number of aryl methyl sites for hydroxylation is 1. The van der Waals surface area contributed by atoms with Gasteiger partial charge in [-0.3, -0.25) is 4.79 Å². The topological polar surface area (TPSA) is 79.5 Å². The van der Waals surface area contributed by atoms with E-state index in [1.807, 2.05) is 6.92 Å². The number of aromatic hydroxyl groups is 1. The molecule has 0 unspecified atom stereocenters. The van der Waals surface area contributed by atoms with E-state index in [1.165, 1.54) is 0 Å². The van der Waals surface area contributed by atoms with Gasteiger partial charge in [0.15, 0.2) is 6.29 Å². The Hall–Kier alpha value is -2.37. The zero-order chi connectivity index (χ0) is 13.3. The molecule has 0 radical (unpaired) electrons.